The first-order valence-electron chi connectivity index (χ1n) is 9.61. The van der Waals surface area contributed by atoms with E-state index >= 15 is 0 Å². The van der Waals surface area contributed by atoms with Crippen molar-refractivity contribution in [1.29, 1.82) is 0 Å². The SMILES string of the molecule is CCCC(C)c1cc(C)c(C(=O)Nc2ccccc2CCC(=O)NC)c(=O)o1. The average molecular weight is 384 g/mol. The Kier molecular flexibility index (Phi) is 7.55. The second-order valence-electron chi connectivity index (χ2n) is 6.97. The average Bonchev–Trinajstić information content (AvgIpc) is 2.66. The molecule has 1 unspecified atom stereocenters. The Morgan fingerprint density at radius 1 is 1.21 bits per heavy atom. The van der Waals surface area contributed by atoms with Gasteiger partial charge < -0.3 is 15.1 Å². The molecule has 0 saturated carbocycles. The Balaban J connectivity index is 2.24. The number of amides is 2. The van der Waals surface area contributed by atoms with E-state index in [9.17, 15) is 14.4 Å². The van der Waals surface area contributed by atoms with Gasteiger partial charge >= 0.3 is 5.63 Å². The molecule has 150 valence electrons. The minimum atomic E-state index is -0.627. The molecule has 0 aliphatic heterocycles. The molecule has 2 rings (SSSR count). The lowest BCUT2D eigenvalue weighted by Gasteiger charge is -2.13. The molecule has 6 heteroatoms. The molecule has 2 amide bonds. The molecular formula is C22H28N2O4. The summed E-state index contributed by atoms with van der Waals surface area (Å²) < 4.78 is 5.42. The van der Waals surface area contributed by atoms with Crippen LogP contribution in [-0.2, 0) is 11.2 Å². The molecule has 6 nitrogen and oxygen atoms in total. The van der Waals surface area contributed by atoms with Crippen molar-refractivity contribution >= 4 is 17.5 Å². The fourth-order valence-electron chi connectivity index (χ4n) is 3.14. The highest BCUT2D eigenvalue weighted by Crippen LogP contribution is 2.22. The smallest absolute Gasteiger partial charge is 0.349 e. The van der Waals surface area contributed by atoms with Crippen molar-refractivity contribution in [1.82, 2.24) is 5.32 Å². The van der Waals surface area contributed by atoms with Crippen molar-refractivity contribution in [3.05, 3.63) is 63.2 Å². The fourth-order valence-corrected chi connectivity index (χ4v) is 3.14. The van der Waals surface area contributed by atoms with Gasteiger partial charge in [0.1, 0.15) is 11.3 Å². The lowest BCUT2D eigenvalue weighted by atomic mass is 10.0. The standard InChI is InChI=1S/C22H28N2O4/c1-5-8-14(2)18-13-15(3)20(22(27)28-18)21(26)24-17-10-7-6-9-16(17)11-12-19(25)23-4/h6-7,9-10,13-14H,5,8,11-12H2,1-4H3,(H,23,25)(H,24,26). The summed E-state index contributed by atoms with van der Waals surface area (Å²) in [5.41, 5.74) is 1.38. The predicted molar refractivity (Wildman–Crippen MR) is 110 cm³/mol. The summed E-state index contributed by atoms with van der Waals surface area (Å²) in [4.78, 5) is 36.7. The molecule has 2 aromatic rings. The summed E-state index contributed by atoms with van der Waals surface area (Å²) in [6, 6.07) is 9.02. The highest BCUT2D eigenvalue weighted by molar-refractivity contribution is 6.05. The normalized spacial score (nSPS) is 11.7. The zero-order valence-corrected chi connectivity index (χ0v) is 16.9. The van der Waals surface area contributed by atoms with Gasteiger partial charge in [-0.05, 0) is 43.0 Å². The van der Waals surface area contributed by atoms with Crippen molar-refractivity contribution in [2.75, 3.05) is 12.4 Å². The third kappa shape index (κ3) is 5.31. The number of nitrogens with one attached hydrogen (secondary N) is 2. The van der Waals surface area contributed by atoms with Crippen molar-refractivity contribution in [2.24, 2.45) is 0 Å². The van der Waals surface area contributed by atoms with Crippen LogP contribution >= 0.6 is 0 Å². The van der Waals surface area contributed by atoms with E-state index in [4.69, 9.17) is 4.42 Å². The molecule has 1 atom stereocenters. The van der Waals surface area contributed by atoms with Crippen LogP contribution in [0.4, 0.5) is 5.69 Å². The van der Waals surface area contributed by atoms with Crippen LogP contribution in [0.15, 0.2) is 39.5 Å². The molecule has 0 spiro atoms. The van der Waals surface area contributed by atoms with Crippen LogP contribution in [-0.4, -0.2) is 18.9 Å². The Labute approximate surface area is 165 Å². The van der Waals surface area contributed by atoms with Crippen LogP contribution < -0.4 is 16.3 Å². The monoisotopic (exact) mass is 384 g/mol. The van der Waals surface area contributed by atoms with Gasteiger partial charge in [-0.2, -0.15) is 0 Å². The van der Waals surface area contributed by atoms with Gasteiger partial charge in [0.25, 0.3) is 5.91 Å². The van der Waals surface area contributed by atoms with Crippen LogP contribution in [0.3, 0.4) is 0 Å². The van der Waals surface area contributed by atoms with Gasteiger partial charge in [0.15, 0.2) is 0 Å². The molecule has 0 aliphatic carbocycles. The van der Waals surface area contributed by atoms with Crippen molar-refractivity contribution < 1.29 is 14.0 Å². The van der Waals surface area contributed by atoms with E-state index in [0.29, 0.717) is 29.9 Å². The Hall–Kier alpha value is -2.89. The lowest BCUT2D eigenvalue weighted by molar-refractivity contribution is -0.120. The number of carbonyl (C=O) groups is 2. The number of rotatable bonds is 8. The van der Waals surface area contributed by atoms with E-state index in [2.05, 4.69) is 17.6 Å². The molecule has 1 heterocycles. The zero-order chi connectivity index (χ0) is 20.7. The van der Waals surface area contributed by atoms with Crippen molar-refractivity contribution in [2.45, 2.75) is 52.4 Å². The summed E-state index contributed by atoms with van der Waals surface area (Å²) in [6.45, 7) is 5.82. The van der Waals surface area contributed by atoms with Gasteiger partial charge in [-0.3, -0.25) is 9.59 Å². The maximum absolute atomic E-state index is 12.8. The van der Waals surface area contributed by atoms with Gasteiger partial charge in [0, 0.05) is 25.1 Å². The molecule has 1 aromatic carbocycles. The number of hydrogen-bond donors (Lipinski definition) is 2. The maximum Gasteiger partial charge on any atom is 0.349 e. The minimum absolute atomic E-state index is 0.00792. The second kappa shape index (κ2) is 9.88. The number of para-hydroxylation sites is 1. The van der Waals surface area contributed by atoms with E-state index in [-0.39, 0.29) is 17.4 Å². The third-order valence-electron chi connectivity index (χ3n) is 4.77. The summed E-state index contributed by atoms with van der Waals surface area (Å²) in [7, 11) is 1.59. The van der Waals surface area contributed by atoms with E-state index in [1.165, 1.54) is 0 Å². The minimum Gasteiger partial charge on any atom is -0.427 e. The number of carbonyl (C=O) groups excluding carboxylic acids is 2. The first kappa shape index (κ1) is 21.4. The van der Waals surface area contributed by atoms with Crippen molar-refractivity contribution in [3.63, 3.8) is 0 Å². The maximum atomic E-state index is 12.8. The fraction of sp³-hybridized carbons (Fsp3) is 0.409. The molecule has 28 heavy (non-hydrogen) atoms. The molecule has 0 bridgehead atoms. The van der Waals surface area contributed by atoms with Crippen LogP contribution in [0.2, 0.25) is 0 Å². The highest BCUT2D eigenvalue weighted by Gasteiger charge is 2.20. The molecular weight excluding hydrogens is 356 g/mol. The summed E-state index contributed by atoms with van der Waals surface area (Å²) in [5.74, 6) is 0.147. The summed E-state index contributed by atoms with van der Waals surface area (Å²) in [6.07, 6.45) is 2.69. The number of anilines is 1. The quantitative estimate of drug-likeness (QED) is 0.725. The molecule has 2 N–H and O–H groups in total. The first-order valence-corrected chi connectivity index (χ1v) is 9.61. The first-order chi connectivity index (χ1) is 13.4. The Morgan fingerprint density at radius 3 is 2.57 bits per heavy atom. The summed E-state index contributed by atoms with van der Waals surface area (Å²) in [5, 5.41) is 5.37. The van der Waals surface area contributed by atoms with Crippen molar-refractivity contribution in [3.8, 4) is 0 Å². The second-order valence-corrected chi connectivity index (χ2v) is 6.97. The van der Waals surface area contributed by atoms with Gasteiger partial charge in [-0.25, -0.2) is 4.79 Å². The van der Waals surface area contributed by atoms with Crippen LogP contribution in [0, 0.1) is 6.92 Å². The van der Waals surface area contributed by atoms with E-state index in [0.717, 1.165) is 18.4 Å². The third-order valence-corrected chi connectivity index (χ3v) is 4.77. The molecule has 0 saturated heterocycles. The topological polar surface area (TPSA) is 88.4 Å². The van der Waals surface area contributed by atoms with E-state index in [1.54, 1.807) is 32.2 Å². The van der Waals surface area contributed by atoms with Gasteiger partial charge in [0.05, 0.1) is 0 Å². The van der Waals surface area contributed by atoms with E-state index in [1.807, 2.05) is 19.1 Å². The summed E-state index contributed by atoms with van der Waals surface area (Å²) >= 11 is 0. The Bertz CT molecular complexity index is 902. The highest BCUT2D eigenvalue weighted by atomic mass is 16.4. The Morgan fingerprint density at radius 2 is 1.93 bits per heavy atom. The lowest BCUT2D eigenvalue weighted by Crippen LogP contribution is -2.24. The number of hydrogen-bond acceptors (Lipinski definition) is 4. The zero-order valence-electron chi connectivity index (χ0n) is 16.9. The van der Waals surface area contributed by atoms with Gasteiger partial charge in [-0.15, -0.1) is 0 Å². The van der Waals surface area contributed by atoms with Crippen LogP contribution in [0.25, 0.3) is 0 Å². The molecule has 0 radical (unpaired) electrons. The molecule has 0 fully saturated rings. The van der Waals surface area contributed by atoms with Gasteiger partial charge in [-0.1, -0.05) is 38.5 Å². The molecule has 1 aromatic heterocycles. The van der Waals surface area contributed by atoms with Gasteiger partial charge in [0.2, 0.25) is 5.91 Å². The number of benzene rings is 1. The largest absolute Gasteiger partial charge is 0.427 e. The predicted octanol–water partition coefficient (Wildman–Crippen LogP) is 3.78. The van der Waals surface area contributed by atoms with Crippen LogP contribution in [0.5, 0.6) is 0 Å². The van der Waals surface area contributed by atoms with E-state index < -0.39 is 11.5 Å². The molecule has 0 aliphatic rings. The number of aryl methyl sites for hydroxylation is 2. The van der Waals surface area contributed by atoms with Crippen LogP contribution in [0.1, 0.15) is 66.3 Å².